The fourth-order valence-corrected chi connectivity index (χ4v) is 1.04. The average Bonchev–Trinajstić information content (AvgIpc) is 2.09. The number of methoxy groups -OCH3 is 1. The SMILES string of the molecule is CCCNC(C)(CCOC)C(F)(F)F. The summed E-state index contributed by atoms with van der Waals surface area (Å²) in [5.74, 6) is 0. The molecule has 0 aromatic carbocycles. The van der Waals surface area contributed by atoms with E-state index in [4.69, 9.17) is 0 Å². The highest BCUT2D eigenvalue weighted by Gasteiger charge is 2.50. The van der Waals surface area contributed by atoms with Crippen molar-refractivity contribution in [1.29, 1.82) is 0 Å². The molecule has 0 aliphatic carbocycles. The van der Waals surface area contributed by atoms with Gasteiger partial charge in [-0.2, -0.15) is 13.2 Å². The molecule has 1 atom stereocenters. The molecule has 0 saturated carbocycles. The summed E-state index contributed by atoms with van der Waals surface area (Å²) in [6.45, 7) is 3.47. The third-order valence-corrected chi connectivity index (χ3v) is 2.20. The lowest BCUT2D eigenvalue weighted by atomic mass is 9.97. The van der Waals surface area contributed by atoms with E-state index in [1.54, 1.807) is 0 Å². The number of ether oxygens (including phenoxy) is 1. The van der Waals surface area contributed by atoms with Crippen molar-refractivity contribution in [3.63, 3.8) is 0 Å². The van der Waals surface area contributed by atoms with Crippen molar-refractivity contribution in [1.82, 2.24) is 5.32 Å². The van der Waals surface area contributed by atoms with Crippen molar-refractivity contribution in [2.24, 2.45) is 0 Å². The minimum Gasteiger partial charge on any atom is -0.385 e. The quantitative estimate of drug-likeness (QED) is 0.731. The number of nitrogens with one attached hydrogen (secondary N) is 1. The van der Waals surface area contributed by atoms with Gasteiger partial charge in [0, 0.05) is 13.7 Å². The standard InChI is InChI=1S/C9H18F3NO/c1-4-6-13-8(2,5-7-14-3)9(10,11)12/h13H,4-7H2,1-3H3. The molecule has 0 bridgehead atoms. The van der Waals surface area contributed by atoms with Gasteiger partial charge in [-0.3, -0.25) is 0 Å². The van der Waals surface area contributed by atoms with Crippen LogP contribution in [0.2, 0.25) is 0 Å². The van der Waals surface area contributed by atoms with Gasteiger partial charge in [0.2, 0.25) is 0 Å². The fourth-order valence-electron chi connectivity index (χ4n) is 1.04. The maximum absolute atomic E-state index is 12.6. The Balaban J connectivity index is 4.33. The first-order chi connectivity index (χ1) is 6.37. The minimum absolute atomic E-state index is 0.0625. The number of halogens is 3. The van der Waals surface area contributed by atoms with Crippen LogP contribution < -0.4 is 5.32 Å². The lowest BCUT2D eigenvalue weighted by molar-refractivity contribution is -0.195. The predicted octanol–water partition coefficient (Wildman–Crippen LogP) is 2.34. The van der Waals surface area contributed by atoms with E-state index < -0.39 is 11.7 Å². The van der Waals surface area contributed by atoms with Gasteiger partial charge in [-0.15, -0.1) is 0 Å². The number of hydrogen-bond acceptors (Lipinski definition) is 2. The Labute approximate surface area is 82.8 Å². The van der Waals surface area contributed by atoms with E-state index in [-0.39, 0.29) is 13.0 Å². The Kier molecular flexibility index (Phi) is 5.44. The summed E-state index contributed by atoms with van der Waals surface area (Å²) in [6.07, 6.45) is -3.62. The average molecular weight is 213 g/mol. The molecule has 0 aliphatic rings. The van der Waals surface area contributed by atoms with Gasteiger partial charge in [0.15, 0.2) is 0 Å². The number of hydrogen-bond donors (Lipinski definition) is 1. The van der Waals surface area contributed by atoms with Crippen LogP contribution in [0.25, 0.3) is 0 Å². The number of rotatable bonds is 6. The summed E-state index contributed by atoms with van der Waals surface area (Å²) in [6, 6.07) is 0. The molecule has 0 rings (SSSR count). The van der Waals surface area contributed by atoms with E-state index in [2.05, 4.69) is 10.1 Å². The van der Waals surface area contributed by atoms with Gasteiger partial charge in [0.1, 0.15) is 5.54 Å². The fraction of sp³-hybridized carbons (Fsp3) is 1.00. The monoisotopic (exact) mass is 213 g/mol. The van der Waals surface area contributed by atoms with Gasteiger partial charge < -0.3 is 10.1 Å². The smallest absolute Gasteiger partial charge is 0.385 e. The van der Waals surface area contributed by atoms with E-state index in [9.17, 15) is 13.2 Å². The van der Waals surface area contributed by atoms with E-state index in [1.807, 2.05) is 6.92 Å². The third-order valence-electron chi connectivity index (χ3n) is 2.20. The van der Waals surface area contributed by atoms with Crippen LogP contribution in [0, 0.1) is 0 Å². The van der Waals surface area contributed by atoms with Crippen LogP contribution in [0.1, 0.15) is 26.7 Å². The molecule has 2 nitrogen and oxygen atoms in total. The van der Waals surface area contributed by atoms with Gasteiger partial charge in [-0.25, -0.2) is 0 Å². The normalized spacial score (nSPS) is 16.7. The molecule has 0 radical (unpaired) electrons. The van der Waals surface area contributed by atoms with Crippen molar-refractivity contribution in [3.05, 3.63) is 0 Å². The first kappa shape index (κ1) is 13.7. The minimum atomic E-state index is -4.24. The third kappa shape index (κ3) is 3.84. The van der Waals surface area contributed by atoms with Crippen LogP contribution in [-0.2, 0) is 4.74 Å². The second kappa shape index (κ2) is 5.56. The van der Waals surface area contributed by atoms with Crippen LogP contribution >= 0.6 is 0 Å². The molecule has 0 amide bonds. The van der Waals surface area contributed by atoms with Crippen molar-refractivity contribution in [2.45, 2.75) is 38.4 Å². The van der Waals surface area contributed by atoms with E-state index in [0.29, 0.717) is 13.0 Å². The predicted molar refractivity (Wildman–Crippen MR) is 49.2 cm³/mol. The Morgan fingerprint density at radius 1 is 1.29 bits per heavy atom. The summed E-state index contributed by atoms with van der Waals surface area (Å²) in [4.78, 5) is 0. The Hall–Kier alpha value is -0.290. The molecule has 86 valence electrons. The Morgan fingerprint density at radius 2 is 1.86 bits per heavy atom. The summed E-state index contributed by atoms with van der Waals surface area (Å²) in [5, 5.41) is 2.52. The second-order valence-corrected chi connectivity index (χ2v) is 3.50. The zero-order valence-corrected chi connectivity index (χ0v) is 8.87. The van der Waals surface area contributed by atoms with Crippen LogP contribution in [0.5, 0.6) is 0 Å². The first-order valence-corrected chi connectivity index (χ1v) is 4.68. The van der Waals surface area contributed by atoms with Crippen LogP contribution in [-0.4, -0.2) is 32.0 Å². The van der Waals surface area contributed by atoms with E-state index in [1.165, 1.54) is 14.0 Å². The lowest BCUT2D eigenvalue weighted by Crippen LogP contribution is -2.55. The molecule has 0 spiro atoms. The molecule has 1 N–H and O–H groups in total. The maximum atomic E-state index is 12.6. The molecule has 5 heteroatoms. The topological polar surface area (TPSA) is 21.3 Å². The number of alkyl halides is 3. The molecular formula is C9H18F3NO. The molecule has 1 unspecified atom stereocenters. The van der Waals surface area contributed by atoms with Crippen molar-refractivity contribution in [3.8, 4) is 0 Å². The lowest BCUT2D eigenvalue weighted by Gasteiger charge is -2.33. The molecular weight excluding hydrogens is 195 g/mol. The van der Waals surface area contributed by atoms with Gasteiger partial charge in [0.25, 0.3) is 0 Å². The molecule has 14 heavy (non-hydrogen) atoms. The summed E-state index contributed by atoms with van der Waals surface area (Å²) in [7, 11) is 1.40. The summed E-state index contributed by atoms with van der Waals surface area (Å²) < 4.78 is 42.6. The molecule has 0 aliphatic heterocycles. The van der Waals surface area contributed by atoms with Crippen LogP contribution in [0.15, 0.2) is 0 Å². The van der Waals surface area contributed by atoms with Gasteiger partial charge in [-0.1, -0.05) is 6.92 Å². The first-order valence-electron chi connectivity index (χ1n) is 4.68. The molecule has 0 aromatic rings. The Morgan fingerprint density at radius 3 is 2.21 bits per heavy atom. The zero-order chi connectivity index (χ0) is 11.2. The summed E-state index contributed by atoms with van der Waals surface area (Å²) >= 11 is 0. The van der Waals surface area contributed by atoms with E-state index >= 15 is 0 Å². The van der Waals surface area contributed by atoms with Crippen molar-refractivity contribution < 1.29 is 17.9 Å². The summed E-state index contributed by atoms with van der Waals surface area (Å²) in [5.41, 5.74) is -1.83. The van der Waals surface area contributed by atoms with Gasteiger partial charge >= 0.3 is 6.18 Å². The highest BCUT2D eigenvalue weighted by atomic mass is 19.4. The van der Waals surface area contributed by atoms with Crippen LogP contribution in [0.3, 0.4) is 0 Å². The molecule has 0 saturated heterocycles. The second-order valence-electron chi connectivity index (χ2n) is 3.50. The van der Waals surface area contributed by atoms with Gasteiger partial charge in [0.05, 0.1) is 0 Å². The van der Waals surface area contributed by atoms with Crippen molar-refractivity contribution >= 4 is 0 Å². The molecule has 0 fully saturated rings. The van der Waals surface area contributed by atoms with Gasteiger partial charge in [-0.05, 0) is 26.3 Å². The highest BCUT2D eigenvalue weighted by Crippen LogP contribution is 2.32. The largest absolute Gasteiger partial charge is 0.406 e. The highest BCUT2D eigenvalue weighted by molar-refractivity contribution is 4.90. The molecule has 0 aromatic heterocycles. The zero-order valence-electron chi connectivity index (χ0n) is 8.87. The maximum Gasteiger partial charge on any atom is 0.406 e. The van der Waals surface area contributed by atoms with Crippen molar-refractivity contribution in [2.75, 3.05) is 20.3 Å². The van der Waals surface area contributed by atoms with E-state index in [0.717, 1.165) is 0 Å². The van der Waals surface area contributed by atoms with Crippen LogP contribution in [0.4, 0.5) is 13.2 Å². The Bertz CT molecular complexity index is 151. The molecule has 0 heterocycles.